The van der Waals surface area contributed by atoms with Crippen molar-refractivity contribution >= 4 is 5.96 Å². The molecule has 0 bridgehead atoms. The summed E-state index contributed by atoms with van der Waals surface area (Å²) in [5.74, 6) is 0.791. The summed E-state index contributed by atoms with van der Waals surface area (Å²) >= 11 is 0. The van der Waals surface area contributed by atoms with E-state index in [9.17, 15) is 5.11 Å². The molecule has 1 aromatic rings. The summed E-state index contributed by atoms with van der Waals surface area (Å²) in [5.41, 5.74) is 1.98. The van der Waals surface area contributed by atoms with Crippen LogP contribution in [0.25, 0.3) is 0 Å². The molecule has 0 saturated heterocycles. The predicted octanol–water partition coefficient (Wildman–Crippen LogP) is 2.97. The highest BCUT2D eigenvalue weighted by Gasteiger charge is 2.12. The molecule has 0 amide bonds. The maximum Gasteiger partial charge on any atom is 0.191 e. The second kappa shape index (κ2) is 11.9. The Morgan fingerprint density at radius 1 is 1.12 bits per heavy atom. The average molecular weight is 348 g/mol. The first-order chi connectivity index (χ1) is 12.3. The van der Waals surface area contributed by atoms with Gasteiger partial charge in [0.15, 0.2) is 5.96 Å². The van der Waals surface area contributed by atoms with E-state index in [1.54, 1.807) is 0 Å². The van der Waals surface area contributed by atoms with E-state index in [2.05, 4.69) is 22.5 Å². The molecule has 1 aliphatic rings. The Kier molecular flexibility index (Phi) is 9.37. The molecule has 140 valence electrons. The number of benzene rings is 1. The fraction of sp³-hybridized carbons (Fsp3) is 0.650. The number of nitrogens with zero attached hydrogens (tertiary/aromatic N) is 1. The smallest absolute Gasteiger partial charge is 0.191 e. The molecule has 3 N–H and O–H groups in total. The molecule has 0 spiro atoms. The molecule has 5 nitrogen and oxygen atoms in total. The fourth-order valence-electron chi connectivity index (χ4n) is 3.18. The summed E-state index contributed by atoms with van der Waals surface area (Å²) in [7, 11) is 0. The van der Waals surface area contributed by atoms with Crippen molar-refractivity contribution in [2.24, 2.45) is 4.99 Å². The summed E-state index contributed by atoms with van der Waals surface area (Å²) in [4.78, 5) is 4.62. The SMILES string of the molecule is CCNC(=NCc1ccccc1CO)NCCOC1CCCCCC1. The lowest BCUT2D eigenvalue weighted by Gasteiger charge is -2.17. The molecule has 25 heavy (non-hydrogen) atoms. The van der Waals surface area contributed by atoms with Crippen molar-refractivity contribution in [1.29, 1.82) is 0 Å². The number of ether oxygens (including phenoxy) is 1. The molecule has 1 aromatic carbocycles. The molecular formula is C20H33N3O2. The maximum absolute atomic E-state index is 9.41. The van der Waals surface area contributed by atoms with Crippen molar-refractivity contribution in [3.63, 3.8) is 0 Å². The fourth-order valence-corrected chi connectivity index (χ4v) is 3.18. The van der Waals surface area contributed by atoms with E-state index in [4.69, 9.17) is 4.74 Å². The van der Waals surface area contributed by atoms with Crippen LogP contribution in [0.3, 0.4) is 0 Å². The number of rotatable bonds is 8. The first-order valence-corrected chi connectivity index (χ1v) is 9.65. The topological polar surface area (TPSA) is 65.9 Å². The van der Waals surface area contributed by atoms with Gasteiger partial charge in [-0.1, -0.05) is 49.9 Å². The van der Waals surface area contributed by atoms with Crippen LogP contribution >= 0.6 is 0 Å². The molecule has 1 saturated carbocycles. The minimum Gasteiger partial charge on any atom is -0.392 e. The molecule has 0 atom stereocenters. The second-order valence-electron chi connectivity index (χ2n) is 6.53. The van der Waals surface area contributed by atoms with Crippen molar-refractivity contribution in [3.8, 4) is 0 Å². The molecule has 0 unspecified atom stereocenters. The minimum absolute atomic E-state index is 0.0465. The Hall–Kier alpha value is -1.59. The zero-order valence-corrected chi connectivity index (χ0v) is 15.5. The molecular weight excluding hydrogens is 314 g/mol. The Morgan fingerprint density at radius 2 is 1.84 bits per heavy atom. The van der Waals surface area contributed by atoms with Gasteiger partial charge in [-0.15, -0.1) is 0 Å². The largest absolute Gasteiger partial charge is 0.392 e. The summed E-state index contributed by atoms with van der Waals surface area (Å²) in [6.45, 7) is 4.94. The van der Waals surface area contributed by atoms with Gasteiger partial charge in [-0.25, -0.2) is 4.99 Å². The number of hydrogen-bond acceptors (Lipinski definition) is 3. The van der Waals surface area contributed by atoms with Crippen LogP contribution in [-0.2, 0) is 17.9 Å². The highest BCUT2D eigenvalue weighted by molar-refractivity contribution is 5.79. The standard InChI is InChI=1S/C20H33N3O2/c1-2-21-20(23-15-17-9-7-8-10-18(17)16-24)22-13-14-25-19-11-5-3-4-6-12-19/h7-10,19,24H,2-6,11-16H2,1H3,(H2,21,22,23). The van der Waals surface area contributed by atoms with Crippen LogP contribution in [0.1, 0.15) is 56.6 Å². The Bertz CT molecular complexity index is 511. The van der Waals surface area contributed by atoms with E-state index in [1.165, 1.54) is 38.5 Å². The van der Waals surface area contributed by atoms with Crippen LogP contribution in [0, 0.1) is 0 Å². The van der Waals surface area contributed by atoms with Crippen LogP contribution in [0.5, 0.6) is 0 Å². The third-order valence-corrected chi connectivity index (χ3v) is 4.59. The second-order valence-corrected chi connectivity index (χ2v) is 6.53. The zero-order chi connectivity index (χ0) is 17.7. The van der Waals surface area contributed by atoms with E-state index < -0.39 is 0 Å². The van der Waals surface area contributed by atoms with E-state index >= 15 is 0 Å². The van der Waals surface area contributed by atoms with E-state index in [-0.39, 0.29) is 6.61 Å². The quantitative estimate of drug-likeness (QED) is 0.293. The van der Waals surface area contributed by atoms with Crippen LogP contribution in [0.15, 0.2) is 29.3 Å². The monoisotopic (exact) mass is 347 g/mol. The summed E-state index contributed by atoms with van der Waals surface area (Å²) in [5, 5.41) is 16.0. The van der Waals surface area contributed by atoms with Crippen LogP contribution < -0.4 is 10.6 Å². The van der Waals surface area contributed by atoms with Gasteiger partial charge >= 0.3 is 0 Å². The van der Waals surface area contributed by atoms with Gasteiger partial charge in [0.2, 0.25) is 0 Å². The molecule has 0 aromatic heterocycles. The van der Waals surface area contributed by atoms with Crippen molar-refractivity contribution in [1.82, 2.24) is 10.6 Å². The van der Waals surface area contributed by atoms with Crippen molar-refractivity contribution in [2.75, 3.05) is 19.7 Å². The molecule has 1 aliphatic carbocycles. The molecule has 0 heterocycles. The van der Waals surface area contributed by atoms with Gasteiger partial charge in [0, 0.05) is 13.1 Å². The Morgan fingerprint density at radius 3 is 2.52 bits per heavy atom. The summed E-state index contributed by atoms with van der Waals surface area (Å²) in [6, 6.07) is 7.86. The lowest BCUT2D eigenvalue weighted by atomic mass is 10.1. The molecule has 5 heteroatoms. The van der Waals surface area contributed by atoms with E-state index in [1.807, 2.05) is 24.3 Å². The number of nitrogens with one attached hydrogen (secondary N) is 2. The lowest BCUT2D eigenvalue weighted by molar-refractivity contribution is 0.0468. The molecule has 0 radical (unpaired) electrons. The lowest BCUT2D eigenvalue weighted by Crippen LogP contribution is -2.39. The molecule has 0 aliphatic heterocycles. The van der Waals surface area contributed by atoms with Gasteiger partial charge in [0.25, 0.3) is 0 Å². The van der Waals surface area contributed by atoms with Crippen LogP contribution in [0.2, 0.25) is 0 Å². The first-order valence-electron chi connectivity index (χ1n) is 9.65. The first kappa shape index (κ1) is 19.7. The van der Waals surface area contributed by atoms with Gasteiger partial charge < -0.3 is 20.5 Å². The highest BCUT2D eigenvalue weighted by atomic mass is 16.5. The maximum atomic E-state index is 9.41. The van der Waals surface area contributed by atoms with Gasteiger partial charge in [-0.3, -0.25) is 0 Å². The zero-order valence-electron chi connectivity index (χ0n) is 15.5. The molecule has 2 rings (SSSR count). The van der Waals surface area contributed by atoms with Gasteiger partial charge in [-0.05, 0) is 30.9 Å². The summed E-state index contributed by atoms with van der Waals surface area (Å²) in [6.07, 6.45) is 8.13. The third-order valence-electron chi connectivity index (χ3n) is 4.59. The Balaban J connectivity index is 1.77. The summed E-state index contributed by atoms with van der Waals surface area (Å²) < 4.78 is 6.01. The normalized spacial score (nSPS) is 16.5. The minimum atomic E-state index is 0.0465. The highest BCUT2D eigenvalue weighted by Crippen LogP contribution is 2.19. The van der Waals surface area contributed by atoms with Crippen molar-refractivity contribution in [2.45, 2.75) is 64.7 Å². The van der Waals surface area contributed by atoms with Gasteiger partial charge in [-0.2, -0.15) is 0 Å². The predicted molar refractivity (Wildman–Crippen MR) is 103 cm³/mol. The number of aliphatic imine (C=N–C) groups is 1. The number of hydrogen-bond donors (Lipinski definition) is 3. The third kappa shape index (κ3) is 7.45. The average Bonchev–Trinajstić information content (AvgIpc) is 2.92. The van der Waals surface area contributed by atoms with Crippen LogP contribution in [-0.4, -0.2) is 36.9 Å². The van der Waals surface area contributed by atoms with Crippen LogP contribution in [0.4, 0.5) is 0 Å². The molecule has 1 fully saturated rings. The van der Waals surface area contributed by atoms with Crippen molar-refractivity contribution < 1.29 is 9.84 Å². The van der Waals surface area contributed by atoms with E-state index in [0.29, 0.717) is 19.3 Å². The van der Waals surface area contributed by atoms with Crippen molar-refractivity contribution in [3.05, 3.63) is 35.4 Å². The van der Waals surface area contributed by atoms with Gasteiger partial charge in [0.05, 0.1) is 25.9 Å². The number of aliphatic hydroxyl groups is 1. The van der Waals surface area contributed by atoms with Gasteiger partial charge in [0.1, 0.15) is 0 Å². The number of aliphatic hydroxyl groups excluding tert-OH is 1. The Labute approximate surface area is 151 Å². The number of guanidine groups is 1. The van der Waals surface area contributed by atoms with E-state index in [0.717, 1.165) is 30.2 Å².